The number of H-pyrrole nitrogens is 1. The quantitative estimate of drug-likeness (QED) is 0.736. The van der Waals surface area contributed by atoms with Gasteiger partial charge in [0, 0.05) is 18.0 Å². The van der Waals surface area contributed by atoms with Crippen molar-refractivity contribution < 1.29 is 9.21 Å². The summed E-state index contributed by atoms with van der Waals surface area (Å²) in [4.78, 5) is 16.3. The summed E-state index contributed by atoms with van der Waals surface area (Å²) in [6.07, 6.45) is 1.34. The van der Waals surface area contributed by atoms with Crippen molar-refractivity contribution in [3.63, 3.8) is 0 Å². The van der Waals surface area contributed by atoms with E-state index in [-0.39, 0.29) is 17.5 Å². The normalized spacial score (nSPS) is 12.0. The van der Waals surface area contributed by atoms with E-state index < -0.39 is 0 Å². The van der Waals surface area contributed by atoms with E-state index in [0.29, 0.717) is 18.3 Å². The molecule has 2 heterocycles. The first kappa shape index (κ1) is 13.9. The zero-order valence-corrected chi connectivity index (χ0v) is 11.9. The lowest BCUT2D eigenvalue weighted by Gasteiger charge is -2.07. The Kier molecular flexibility index (Phi) is 3.90. The van der Waals surface area contributed by atoms with Crippen LogP contribution in [0.4, 0.5) is 0 Å². The van der Waals surface area contributed by atoms with Gasteiger partial charge in [-0.15, -0.1) is 10.2 Å². The molecule has 0 bridgehead atoms. The van der Waals surface area contributed by atoms with Crippen LogP contribution in [0, 0.1) is 0 Å². The van der Waals surface area contributed by atoms with Gasteiger partial charge >= 0.3 is 0 Å². The second kappa shape index (κ2) is 6.17. The number of hydrogen-bond acceptors (Lipinski definition) is 6. The van der Waals surface area contributed by atoms with Crippen molar-refractivity contribution in [2.45, 2.75) is 12.8 Å². The minimum atomic E-state index is -0.304. The molecule has 1 aromatic carbocycles. The van der Waals surface area contributed by atoms with Gasteiger partial charge < -0.3 is 9.73 Å². The smallest absolute Gasteiger partial charge is 0.273 e. The van der Waals surface area contributed by atoms with Gasteiger partial charge in [-0.1, -0.05) is 30.3 Å². The summed E-state index contributed by atoms with van der Waals surface area (Å²) in [5, 5.41) is 16.4. The molecule has 2 aromatic heterocycles. The van der Waals surface area contributed by atoms with Crippen molar-refractivity contribution in [2.75, 3.05) is 6.54 Å². The average molecular weight is 298 g/mol. The number of aromatic amines is 1. The van der Waals surface area contributed by atoms with Crippen LogP contribution >= 0.6 is 0 Å². The zero-order chi connectivity index (χ0) is 15.4. The zero-order valence-electron chi connectivity index (χ0n) is 11.9. The standard InChI is InChI=1S/C14H14N6O2/c1-9(12-17-19-20-18-12)7-15-13(21)11-8-22-14(16-11)10-5-3-2-4-6-10/h2-6,8-9H,7H2,1H3,(H,15,21)(H,17,18,19,20)/t9-/m1/s1. The number of hydrogen-bond donors (Lipinski definition) is 2. The van der Waals surface area contributed by atoms with Crippen LogP contribution < -0.4 is 5.32 Å². The molecular formula is C14H14N6O2. The molecule has 0 saturated carbocycles. The molecule has 0 aliphatic carbocycles. The lowest BCUT2D eigenvalue weighted by Crippen LogP contribution is -2.28. The fraction of sp³-hybridized carbons (Fsp3) is 0.214. The minimum Gasteiger partial charge on any atom is -0.444 e. The fourth-order valence-electron chi connectivity index (χ4n) is 1.90. The number of nitrogens with one attached hydrogen (secondary N) is 2. The van der Waals surface area contributed by atoms with E-state index in [1.807, 2.05) is 37.3 Å². The molecule has 0 fully saturated rings. The van der Waals surface area contributed by atoms with Gasteiger partial charge in [-0.3, -0.25) is 4.79 Å². The first-order valence-electron chi connectivity index (χ1n) is 6.76. The van der Waals surface area contributed by atoms with Crippen LogP contribution in [-0.4, -0.2) is 38.1 Å². The minimum absolute atomic E-state index is 0.0526. The van der Waals surface area contributed by atoms with E-state index in [1.165, 1.54) is 6.26 Å². The van der Waals surface area contributed by atoms with Crippen LogP contribution in [-0.2, 0) is 0 Å². The lowest BCUT2D eigenvalue weighted by atomic mass is 10.1. The third-order valence-corrected chi connectivity index (χ3v) is 3.13. The van der Waals surface area contributed by atoms with E-state index in [4.69, 9.17) is 4.42 Å². The fourth-order valence-corrected chi connectivity index (χ4v) is 1.90. The summed E-state index contributed by atoms with van der Waals surface area (Å²) in [7, 11) is 0. The first-order valence-corrected chi connectivity index (χ1v) is 6.76. The molecule has 2 N–H and O–H groups in total. The van der Waals surface area contributed by atoms with Crippen LogP contribution in [0.3, 0.4) is 0 Å². The molecule has 3 aromatic rings. The Balaban J connectivity index is 1.62. The Morgan fingerprint density at radius 3 is 2.91 bits per heavy atom. The second-order valence-electron chi connectivity index (χ2n) is 4.78. The van der Waals surface area contributed by atoms with Crippen molar-refractivity contribution >= 4 is 5.91 Å². The average Bonchev–Trinajstić information content (AvgIpc) is 3.24. The summed E-state index contributed by atoms with van der Waals surface area (Å²) in [6.45, 7) is 2.27. The van der Waals surface area contributed by atoms with Crippen molar-refractivity contribution in [3.05, 3.63) is 48.1 Å². The number of rotatable bonds is 5. The number of oxazole rings is 1. The number of carbonyl (C=O) groups is 1. The molecule has 3 rings (SSSR count). The summed E-state index contributed by atoms with van der Waals surface area (Å²) in [5.41, 5.74) is 1.06. The van der Waals surface area contributed by atoms with Crippen molar-refractivity contribution in [3.8, 4) is 11.5 Å². The van der Waals surface area contributed by atoms with Crippen molar-refractivity contribution in [1.29, 1.82) is 0 Å². The van der Waals surface area contributed by atoms with Crippen LogP contribution in [0.25, 0.3) is 11.5 Å². The highest BCUT2D eigenvalue weighted by Crippen LogP contribution is 2.17. The molecular weight excluding hydrogens is 284 g/mol. The van der Waals surface area contributed by atoms with Crippen LogP contribution in [0.5, 0.6) is 0 Å². The van der Waals surface area contributed by atoms with Crippen molar-refractivity contribution in [1.82, 2.24) is 30.9 Å². The maximum Gasteiger partial charge on any atom is 0.273 e. The third kappa shape index (κ3) is 3.00. The van der Waals surface area contributed by atoms with E-state index in [1.54, 1.807) is 0 Å². The molecule has 8 nitrogen and oxygen atoms in total. The summed E-state index contributed by atoms with van der Waals surface area (Å²) >= 11 is 0. The maximum absolute atomic E-state index is 12.1. The van der Waals surface area contributed by atoms with Gasteiger partial charge in [0.2, 0.25) is 5.89 Å². The number of carbonyl (C=O) groups excluding carboxylic acids is 1. The highest BCUT2D eigenvalue weighted by Gasteiger charge is 2.16. The van der Waals surface area contributed by atoms with E-state index in [0.717, 1.165) is 5.56 Å². The third-order valence-electron chi connectivity index (χ3n) is 3.13. The number of aromatic nitrogens is 5. The number of nitrogens with zero attached hydrogens (tertiary/aromatic N) is 4. The predicted molar refractivity (Wildman–Crippen MR) is 76.9 cm³/mol. The van der Waals surface area contributed by atoms with Crippen molar-refractivity contribution in [2.24, 2.45) is 0 Å². The van der Waals surface area contributed by atoms with Gasteiger partial charge in [0.25, 0.3) is 5.91 Å². The van der Waals surface area contributed by atoms with Gasteiger partial charge in [-0.25, -0.2) is 4.98 Å². The highest BCUT2D eigenvalue weighted by molar-refractivity contribution is 5.92. The van der Waals surface area contributed by atoms with Crippen LogP contribution in [0.15, 0.2) is 41.0 Å². The van der Waals surface area contributed by atoms with Crippen LogP contribution in [0.1, 0.15) is 29.2 Å². The second-order valence-corrected chi connectivity index (χ2v) is 4.78. The topological polar surface area (TPSA) is 110 Å². The van der Waals surface area contributed by atoms with E-state index >= 15 is 0 Å². The monoisotopic (exact) mass is 298 g/mol. The number of amides is 1. The Morgan fingerprint density at radius 1 is 1.36 bits per heavy atom. The molecule has 0 aliphatic rings. The summed E-state index contributed by atoms with van der Waals surface area (Å²) in [5.74, 6) is 0.604. The Hall–Kier alpha value is -3.03. The van der Waals surface area contributed by atoms with Crippen LogP contribution in [0.2, 0.25) is 0 Å². The number of benzene rings is 1. The Morgan fingerprint density at radius 2 is 2.18 bits per heavy atom. The lowest BCUT2D eigenvalue weighted by molar-refractivity contribution is 0.0946. The number of tetrazole rings is 1. The molecule has 22 heavy (non-hydrogen) atoms. The predicted octanol–water partition coefficient (Wildman–Crippen LogP) is 1.39. The Labute approximate surface area is 126 Å². The highest BCUT2D eigenvalue weighted by atomic mass is 16.3. The molecule has 0 radical (unpaired) electrons. The first-order chi connectivity index (χ1) is 10.7. The van der Waals surface area contributed by atoms with E-state index in [9.17, 15) is 4.79 Å². The SMILES string of the molecule is C[C@H](CNC(=O)c1coc(-c2ccccc2)n1)c1nn[nH]n1. The molecule has 1 atom stereocenters. The van der Waals surface area contributed by atoms with E-state index in [2.05, 4.69) is 30.9 Å². The molecule has 0 saturated heterocycles. The molecule has 1 amide bonds. The van der Waals surface area contributed by atoms with Gasteiger partial charge in [-0.2, -0.15) is 5.21 Å². The largest absolute Gasteiger partial charge is 0.444 e. The van der Waals surface area contributed by atoms with Gasteiger partial charge in [0.1, 0.15) is 6.26 Å². The van der Waals surface area contributed by atoms with Gasteiger partial charge in [0.05, 0.1) is 0 Å². The summed E-state index contributed by atoms with van der Waals surface area (Å²) < 4.78 is 5.34. The molecule has 8 heteroatoms. The maximum atomic E-state index is 12.1. The molecule has 112 valence electrons. The molecule has 0 spiro atoms. The molecule has 0 unspecified atom stereocenters. The van der Waals surface area contributed by atoms with Gasteiger partial charge in [-0.05, 0) is 12.1 Å². The Bertz CT molecular complexity index is 738. The summed E-state index contributed by atoms with van der Waals surface area (Å²) in [6, 6.07) is 9.40. The molecule has 0 aliphatic heterocycles. The van der Waals surface area contributed by atoms with Gasteiger partial charge in [0.15, 0.2) is 11.5 Å².